The summed E-state index contributed by atoms with van der Waals surface area (Å²) in [6.45, 7) is 8.36. The van der Waals surface area contributed by atoms with Gasteiger partial charge in [0.2, 0.25) is 0 Å². The number of benzene rings is 2. The summed E-state index contributed by atoms with van der Waals surface area (Å²) in [6.07, 6.45) is 1.95. The molecule has 5 rings (SSSR count). The zero-order chi connectivity index (χ0) is 26.1. The molecule has 190 valence electrons. The van der Waals surface area contributed by atoms with Crippen LogP contribution >= 0.6 is 12.2 Å². The molecule has 2 aromatic heterocycles. The number of methoxy groups -OCH3 is 1. The van der Waals surface area contributed by atoms with Crippen molar-refractivity contribution in [1.82, 2.24) is 14.9 Å². The van der Waals surface area contributed by atoms with Gasteiger partial charge in [0.1, 0.15) is 11.5 Å². The molecular weight excluding hydrogens is 480 g/mol. The third kappa shape index (κ3) is 4.79. The number of hydrogen-bond acceptors (Lipinski definition) is 4. The van der Waals surface area contributed by atoms with Crippen LogP contribution in [-0.2, 0) is 0 Å². The van der Waals surface area contributed by atoms with E-state index in [1.54, 1.807) is 7.11 Å². The fourth-order valence-electron chi connectivity index (χ4n) is 5.12. The molecule has 4 aromatic rings. The molecule has 7 heteroatoms. The molecular formula is C30H32N4O2S. The van der Waals surface area contributed by atoms with Gasteiger partial charge in [0.05, 0.1) is 31.0 Å². The van der Waals surface area contributed by atoms with Gasteiger partial charge >= 0.3 is 0 Å². The number of nitrogens with zero attached hydrogens (tertiary/aromatic N) is 3. The van der Waals surface area contributed by atoms with Crippen molar-refractivity contribution in [3.05, 3.63) is 102 Å². The Kier molecular flexibility index (Phi) is 6.89. The van der Waals surface area contributed by atoms with E-state index in [1.807, 2.05) is 56.4 Å². The van der Waals surface area contributed by atoms with Crippen molar-refractivity contribution in [3.63, 3.8) is 0 Å². The summed E-state index contributed by atoms with van der Waals surface area (Å²) in [5, 5.41) is 4.24. The van der Waals surface area contributed by atoms with Crippen LogP contribution in [0.15, 0.2) is 79.0 Å². The average Bonchev–Trinajstić information content (AvgIpc) is 3.39. The standard InChI is InChI=1S/C30H32N4O2S/c1-19(2)36-25-15-11-23(12-16-25)34-29(28(32-30(34)37)27-8-6-7-17-31-27)26-18-20(3)33(21(26)4)22-9-13-24(35-5)14-10-22/h6-19,28-29H,1-5H3,(H,32,37)/t28-,29-/m1/s1. The molecule has 0 bridgehead atoms. The molecule has 37 heavy (non-hydrogen) atoms. The Balaban J connectivity index is 1.61. The van der Waals surface area contributed by atoms with E-state index in [4.69, 9.17) is 26.7 Å². The molecule has 0 aliphatic carbocycles. The minimum atomic E-state index is -0.106. The number of hydrogen-bond donors (Lipinski definition) is 1. The van der Waals surface area contributed by atoms with Gasteiger partial charge in [-0.15, -0.1) is 0 Å². The Hall–Kier alpha value is -3.84. The average molecular weight is 513 g/mol. The van der Waals surface area contributed by atoms with Crippen molar-refractivity contribution >= 4 is 23.0 Å². The largest absolute Gasteiger partial charge is 0.497 e. The highest BCUT2D eigenvalue weighted by molar-refractivity contribution is 7.80. The molecule has 0 amide bonds. The minimum Gasteiger partial charge on any atom is -0.497 e. The lowest BCUT2D eigenvalue weighted by Crippen LogP contribution is -2.29. The number of ether oxygens (including phenoxy) is 2. The Labute approximate surface area is 223 Å². The molecule has 1 saturated heterocycles. The van der Waals surface area contributed by atoms with Gasteiger partial charge in [-0.25, -0.2) is 0 Å². The number of pyridine rings is 1. The summed E-state index contributed by atoms with van der Waals surface area (Å²) in [7, 11) is 1.68. The van der Waals surface area contributed by atoms with Crippen LogP contribution in [0.4, 0.5) is 5.69 Å². The predicted octanol–water partition coefficient (Wildman–Crippen LogP) is 6.46. The van der Waals surface area contributed by atoms with E-state index in [-0.39, 0.29) is 18.2 Å². The molecule has 3 heterocycles. The van der Waals surface area contributed by atoms with Crippen LogP contribution in [0.5, 0.6) is 11.5 Å². The molecule has 0 radical (unpaired) electrons. The van der Waals surface area contributed by atoms with Crippen molar-refractivity contribution in [2.45, 2.75) is 45.9 Å². The van der Waals surface area contributed by atoms with E-state index in [1.165, 1.54) is 5.56 Å². The highest BCUT2D eigenvalue weighted by Crippen LogP contribution is 2.44. The van der Waals surface area contributed by atoms with Crippen LogP contribution < -0.4 is 19.7 Å². The first kappa shape index (κ1) is 24.8. The molecule has 0 spiro atoms. The van der Waals surface area contributed by atoms with E-state index >= 15 is 0 Å². The van der Waals surface area contributed by atoms with Crippen LogP contribution in [0.1, 0.15) is 48.6 Å². The van der Waals surface area contributed by atoms with Gasteiger partial charge < -0.3 is 24.3 Å². The van der Waals surface area contributed by atoms with E-state index < -0.39 is 0 Å². The smallest absolute Gasteiger partial charge is 0.174 e. The Morgan fingerprint density at radius 3 is 2.22 bits per heavy atom. The molecule has 1 aliphatic heterocycles. The first-order valence-corrected chi connectivity index (χ1v) is 12.9. The molecule has 2 atom stereocenters. The van der Waals surface area contributed by atoms with Gasteiger partial charge in [-0.3, -0.25) is 4.98 Å². The number of anilines is 1. The van der Waals surface area contributed by atoms with Crippen LogP contribution in [0.2, 0.25) is 0 Å². The van der Waals surface area contributed by atoms with Crippen LogP contribution in [0.25, 0.3) is 5.69 Å². The van der Waals surface area contributed by atoms with E-state index in [0.29, 0.717) is 5.11 Å². The maximum Gasteiger partial charge on any atom is 0.174 e. The zero-order valence-corrected chi connectivity index (χ0v) is 22.6. The van der Waals surface area contributed by atoms with Gasteiger partial charge in [-0.05, 0) is 112 Å². The summed E-state index contributed by atoms with van der Waals surface area (Å²) in [4.78, 5) is 6.89. The molecule has 1 fully saturated rings. The number of aromatic nitrogens is 2. The van der Waals surface area contributed by atoms with Crippen LogP contribution in [-0.4, -0.2) is 27.9 Å². The highest BCUT2D eigenvalue weighted by atomic mass is 32.1. The summed E-state index contributed by atoms with van der Waals surface area (Å²) < 4.78 is 13.5. The molecule has 6 nitrogen and oxygen atoms in total. The van der Waals surface area contributed by atoms with E-state index in [0.717, 1.165) is 40.0 Å². The molecule has 0 unspecified atom stereocenters. The fourth-order valence-corrected chi connectivity index (χ4v) is 5.47. The number of aryl methyl sites for hydroxylation is 1. The normalized spacial score (nSPS) is 17.2. The monoisotopic (exact) mass is 512 g/mol. The third-order valence-electron chi connectivity index (χ3n) is 6.70. The van der Waals surface area contributed by atoms with Gasteiger partial charge in [0, 0.05) is 29.0 Å². The van der Waals surface area contributed by atoms with Crippen LogP contribution in [0.3, 0.4) is 0 Å². The molecule has 1 N–H and O–H groups in total. The summed E-state index contributed by atoms with van der Waals surface area (Å²) in [5.74, 6) is 1.68. The van der Waals surface area contributed by atoms with Gasteiger partial charge in [-0.2, -0.15) is 0 Å². The first-order valence-electron chi connectivity index (χ1n) is 12.5. The van der Waals surface area contributed by atoms with Gasteiger partial charge in [0.25, 0.3) is 0 Å². The molecule has 2 aromatic carbocycles. The maximum absolute atomic E-state index is 5.92. The van der Waals surface area contributed by atoms with Crippen molar-refractivity contribution < 1.29 is 9.47 Å². The Morgan fingerprint density at radius 1 is 0.919 bits per heavy atom. The first-order chi connectivity index (χ1) is 17.9. The second-order valence-electron chi connectivity index (χ2n) is 9.52. The van der Waals surface area contributed by atoms with Crippen LogP contribution in [0, 0.1) is 13.8 Å². The van der Waals surface area contributed by atoms with E-state index in [9.17, 15) is 0 Å². The predicted molar refractivity (Wildman–Crippen MR) is 152 cm³/mol. The van der Waals surface area contributed by atoms with Crippen molar-refractivity contribution in [2.75, 3.05) is 12.0 Å². The quantitative estimate of drug-likeness (QED) is 0.287. The summed E-state index contributed by atoms with van der Waals surface area (Å²) in [6, 6.07) is 24.4. The van der Waals surface area contributed by atoms with Gasteiger partial charge in [-0.1, -0.05) is 6.07 Å². The fraction of sp³-hybridized carbons (Fsp3) is 0.267. The van der Waals surface area contributed by atoms with Crippen molar-refractivity contribution in [2.24, 2.45) is 0 Å². The van der Waals surface area contributed by atoms with Crippen molar-refractivity contribution in [1.29, 1.82) is 0 Å². The van der Waals surface area contributed by atoms with Crippen molar-refractivity contribution in [3.8, 4) is 17.2 Å². The third-order valence-corrected chi connectivity index (χ3v) is 7.02. The lowest BCUT2D eigenvalue weighted by atomic mass is 9.96. The highest BCUT2D eigenvalue weighted by Gasteiger charge is 2.42. The lowest BCUT2D eigenvalue weighted by Gasteiger charge is -2.28. The topological polar surface area (TPSA) is 51.5 Å². The molecule has 0 saturated carbocycles. The minimum absolute atomic E-state index is 0.0857. The zero-order valence-electron chi connectivity index (χ0n) is 21.8. The Morgan fingerprint density at radius 2 is 1.59 bits per heavy atom. The summed E-state index contributed by atoms with van der Waals surface area (Å²) in [5.41, 5.74) is 6.55. The second kappa shape index (κ2) is 10.3. The number of thiocarbonyl (C=S) groups is 1. The Bertz CT molecular complexity index is 1380. The van der Waals surface area contributed by atoms with Gasteiger partial charge in [0.15, 0.2) is 5.11 Å². The summed E-state index contributed by atoms with van der Waals surface area (Å²) >= 11 is 5.92. The molecule has 1 aliphatic rings. The number of nitrogens with one attached hydrogen (secondary N) is 1. The lowest BCUT2D eigenvalue weighted by molar-refractivity contribution is 0.242. The maximum atomic E-state index is 5.92. The number of rotatable bonds is 7. The second-order valence-corrected chi connectivity index (χ2v) is 9.90. The van der Waals surface area contributed by atoms with E-state index in [2.05, 4.69) is 65.0 Å². The SMILES string of the molecule is COc1ccc(-n2c(C)cc([C@@H]3[C@@H](c4ccccn4)NC(=S)N3c3ccc(OC(C)C)cc3)c2C)cc1.